The number of imide groups is 1. The largest absolute Gasteiger partial charge is 0.361 e. The normalized spacial score (nSPS) is 16.6. The van der Waals surface area contributed by atoms with Crippen molar-refractivity contribution in [3.8, 4) is 0 Å². The Kier molecular flexibility index (Phi) is 11.8. The zero-order valence-corrected chi connectivity index (χ0v) is 38.4. The summed E-state index contributed by atoms with van der Waals surface area (Å²) in [7, 11) is -2.06. The number of H-pyrrole nitrogens is 2. The molecule has 3 amide bonds. The molecule has 8 bridgehead atoms. The molecule has 2 atom stereocenters. The average Bonchev–Trinajstić information content (AvgIpc) is 4.01. The van der Waals surface area contributed by atoms with Gasteiger partial charge in [0.05, 0.1) is 45.6 Å². The maximum atomic E-state index is 14.2. The van der Waals surface area contributed by atoms with Crippen LogP contribution in [0.3, 0.4) is 0 Å². The quantitative estimate of drug-likeness (QED) is 0.0425. The van der Waals surface area contributed by atoms with Crippen molar-refractivity contribution in [2.75, 3.05) is 12.7 Å². The number of rotatable bonds is 12. The number of nitrogens with zero attached hydrogens (tertiary/aromatic N) is 3. The molecule has 11 heteroatoms. The summed E-state index contributed by atoms with van der Waals surface area (Å²) >= 11 is 0. The van der Waals surface area contributed by atoms with Gasteiger partial charge in [-0.25, -0.2) is 9.97 Å². The number of aromatic nitrogens is 4. The Hall–Kier alpha value is -6.74. The van der Waals surface area contributed by atoms with Crippen molar-refractivity contribution in [1.29, 1.82) is 0 Å². The zero-order valence-electron chi connectivity index (χ0n) is 37.5. The Labute approximate surface area is 380 Å². The third kappa shape index (κ3) is 7.54. The number of aryl methyl sites for hydroxylation is 1. The molecule has 6 heterocycles. The van der Waals surface area contributed by atoms with Gasteiger partial charge in [0.25, 0.3) is 11.8 Å². The fourth-order valence-electron chi connectivity index (χ4n) is 10.2. The minimum Gasteiger partial charge on any atom is -0.361 e. The molecule has 4 aliphatic rings. The van der Waals surface area contributed by atoms with E-state index in [-0.39, 0.29) is 40.4 Å². The average molecular weight is 882 g/mol. The second kappa shape index (κ2) is 17.7. The first-order valence-corrected chi connectivity index (χ1v) is 24.4. The van der Waals surface area contributed by atoms with Crippen molar-refractivity contribution in [3.05, 3.63) is 173 Å². The lowest BCUT2D eigenvalue weighted by molar-refractivity contribution is -0.121. The number of hydrogen-bond donors (Lipinski definition) is 4. The monoisotopic (exact) mass is 881 g/mol. The van der Waals surface area contributed by atoms with Crippen LogP contribution in [-0.4, -0.2) is 60.6 Å². The summed E-state index contributed by atoms with van der Waals surface area (Å²) in [5.41, 5.74) is 10.3. The van der Waals surface area contributed by atoms with Crippen LogP contribution >= 0.6 is 7.26 Å². The van der Waals surface area contributed by atoms with E-state index in [9.17, 15) is 19.6 Å². The van der Waals surface area contributed by atoms with E-state index in [2.05, 4.69) is 134 Å². The molecule has 0 aliphatic carbocycles. The number of aromatic amines is 2. The molecule has 3 aromatic carbocycles. The van der Waals surface area contributed by atoms with Crippen molar-refractivity contribution in [3.63, 3.8) is 0 Å². The summed E-state index contributed by atoms with van der Waals surface area (Å²) in [5.74, 6) is -2.27. The number of allylic oxidation sites excluding steroid dienone is 5. The van der Waals surface area contributed by atoms with Crippen molar-refractivity contribution in [1.82, 2.24) is 30.3 Å². The molecular weight excluding hydrogens is 828 g/mol. The summed E-state index contributed by atoms with van der Waals surface area (Å²) in [6, 6.07) is 38.1. The minimum atomic E-state index is -2.06. The molecule has 0 saturated carbocycles. The highest BCUT2D eigenvalue weighted by molar-refractivity contribution is 7.95. The molecule has 4 N–H and O–H groups in total. The van der Waals surface area contributed by atoms with Crippen LogP contribution < -0.4 is 21.2 Å². The van der Waals surface area contributed by atoms with Gasteiger partial charge in [-0.05, 0) is 117 Å². The fourth-order valence-corrected chi connectivity index (χ4v) is 14.5. The third-order valence-corrected chi connectivity index (χ3v) is 18.3. The van der Waals surface area contributed by atoms with Crippen molar-refractivity contribution >= 4 is 74.2 Å². The lowest BCUT2D eigenvalue weighted by Gasteiger charge is -2.27. The molecule has 0 saturated heterocycles. The number of fused-ring (bicyclic) bond motifs is 8. The Morgan fingerprint density at radius 1 is 0.800 bits per heavy atom. The number of hydrogen-bond acceptors (Lipinski definition) is 6. The standard InChI is InChI=1S/C54H53N6O4P/c1-7-39-32(3)42-29-44-34(5)41(25-26-48(61)55-27-18-28-65(36-19-12-9-13-20-36,37-21-14-10-15-22-37)38-23-16-11-17-24-38)51(58-44)50-52-49(53(62)60(64)54(50)63)35(6)45(59-52)31-47-40(8-2)33(4)43(57-47)30-46(39)56-42/h7,9-17,19-24,29-31,34,41,64H,1,8,18,25-28H2,2-6H3,(H2-,55,56,57,58,59,61,62,63)/p+1/t34-,41?/m0/s1. The van der Waals surface area contributed by atoms with Crippen molar-refractivity contribution in [2.45, 2.75) is 72.1 Å². The molecule has 0 radical (unpaired) electrons. The van der Waals surface area contributed by atoms with Crippen LogP contribution in [-0.2, 0) is 4.79 Å². The summed E-state index contributed by atoms with van der Waals surface area (Å²) in [6.45, 7) is 14.7. The van der Waals surface area contributed by atoms with Gasteiger partial charge < -0.3 is 15.3 Å². The van der Waals surface area contributed by atoms with Crippen LogP contribution in [0.4, 0.5) is 0 Å². The molecule has 1 unspecified atom stereocenters. The van der Waals surface area contributed by atoms with E-state index in [4.69, 9.17) is 9.97 Å². The predicted octanol–water partition coefficient (Wildman–Crippen LogP) is 9.96. The highest BCUT2D eigenvalue weighted by Crippen LogP contribution is 2.55. The maximum absolute atomic E-state index is 14.2. The maximum Gasteiger partial charge on any atom is 0.288 e. The Bertz CT molecular complexity index is 2930. The minimum absolute atomic E-state index is 0.0876. The van der Waals surface area contributed by atoms with Gasteiger partial charge in [0, 0.05) is 47.3 Å². The third-order valence-electron chi connectivity index (χ3n) is 13.7. The van der Waals surface area contributed by atoms with Crippen LogP contribution in [0.15, 0.2) is 122 Å². The first kappa shape index (κ1) is 43.5. The molecule has 65 heavy (non-hydrogen) atoms. The van der Waals surface area contributed by atoms with E-state index in [1.807, 2.05) is 38.1 Å². The van der Waals surface area contributed by atoms with Gasteiger partial charge in [-0.1, -0.05) is 81.1 Å². The van der Waals surface area contributed by atoms with Crippen molar-refractivity contribution in [2.24, 2.45) is 0 Å². The van der Waals surface area contributed by atoms with Gasteiger partial charge in [-0.15, -0.1) is 5.06 Å². The molecule has 9 rings (SSSR count). The topological polar surface area (TPSA) is 144 Å². The lowest BCUT2D eigenvalue weighted by atomic mass is 9.84. The number of nitrogens with one attached hydrogen (secondary N) is 3. The molecule has 0 fully saturated rings. The van der Waals surface area contributed by atoms with Crippen LogP contribution in [0.1, 0.15) is 126 Å². The molecule has 0 spiro atoms. The number of carbonyl (C=O) groups excluding carboxylic acids is 3. The van der Waals surface area contributed by atoms with Crippen LogP contribution in [0.25, 0.3) is 33.3 Å². The fraction of sp³-hybridized carbons (Fsp3) is 0.241. The second-order valence-corrected chi connectivity index (χ2v) is 20.9. The van der Waals surface area contributed by atoms with Gasteiger partial charge in [0.1, 0.15) is 23.2 Å². The predicted molar refractivity (Wildman–Crippen MR) is 263 cm³/mol. The number of hydroxylamine groups is 2. The SMILES string of the molecule is C=CC1=C(C)c2cc3[nH]c(c4c5[nH]c(cc6nc(cc1n2)C(C)=C6CC)c(C)c5C(=O)N(O)C4=O)C(CCC(=O)NCCC[P+](c1ccccc1)(c1ccccc1)c1ccccc1)[C@@H]3C. The van der Waals surface area contributed by atoms with E-state index < -0.39 is 19.1 Å². The second-order valence-electron chi connectivity index (χ2n) is 17.3. The van der Waals surface area contributed by atoms with Crippen LogP contribution in [0, 0.1) is 6.92 Å². The summed E-state index contributed by atoms with van der Waals surface area (Å²) in [4.78, 5) is 59.0. The number of benzene rings is 3. The van der Waals surface area contributed by atoms with Gasteiger partial charge in [0.2, 0.25) is 5.91 Å². The Morgan fingerprint density at radius 3 is 1.98 bits per heavy atom. The summed E-state index contributed by atoms with van der Waals surface area (Å²) in [6.07, 6.45) is 4.78. The van der Waals surface area contributed by atoms with E-state index in [0.29, 0.717) is 35.3 Å². The highest BCUT2D eigenvalue weighted by Gasteiger charge is 2.45. The van der Waals surface area contributed by atoms with Gasteiger partial charge >= 0.3 is 0 Å². The zero-order chi connectivity index (χ0) is 45.6. The van der Waals surface area contributed by atoms with Crippen LogP contribution in [0.5, 0.6) is 0 Å². The molecular formula is C54H54N6O4P+. The van der Waals surface area contributed by atoms with E-state index in [1.165, 1.54) is 15.9 Å². The van der Waals surface area contributed by atoms with E-state index >= 15 is 0 Å². The molecule has 328 valence electrons. The van der Waals surface area contributed by atoms with Gasteiger partial charge in [0.15, 0.2) is 0 Å². The van der Waals surface area contributed by atoms with E-state index in [1.54, 1.807) is 0 Å². The smallest absolute Gasteiger partial charge is 0.288 e. The van der Waals surface area contributed by atoms with Gasteiger partial charge in [-0.3, -0.25) is 19.6 Å². The summed E-state index contributed by atoms with van der Waals surface area (Å²) < 4.78 is 0. The first-order valence-electron chi connectivity index (χ1n) is 22.5. The van der Waals surface area contributed by atoms with Crippen LogP contribution in [0.2, 0.25) is 0 Å². The molecule has 2 aromatic heterocycles. The molecule has 10 nitrogen and oxygen atoms in total. The Balaban J connectivity index is 1.07. The first-order chi connectivity index (χ1) is 31.5. The van der Waals surface area contributed by atoms with Crippen molar-refractivity contribution < 1.29 is 19.6 Å². The van der Waals surface area contributed by atoms with E-state index in [0.717, 1.165) is 69.8 Å². The molecule has 5 aromatic rings. The number of carbonyl (C=O) groups is 3. The summed E-state index contributed by atoms with van der Waals surface area (Å²) in [5, 5.41) is 18.5. The Morgan fingerprint density at radius 2 is 1.38 bits per heavy atom. The number of amides is 3. The molecule has 4 aliphatic heterocycles. The lowest BCUT2D eigenvalue weighted by Crippen LogP contribution is -2.38. The van der Waals surface area contributed by atoms with Gasteiger partial charge in [-0.2, -0.15) is 0 Å². The highest BCUT2D eigenvalue weighted by atomic mass is 31.2.